The van der Waals surface area contributed by atoms with Crippen molar-refractivity contribution in [1.29, 1.82) is 0 Å². The van der Waals surface area contributed by atoms with Crippen molar-refractivity contribution in [3.8, 4) is 0 Å². The SMILES string of the molecule is Cc1ccsc1/C=N\NC(=O)CC(=O)NCc1cccnc1. The summed E-state index contributed by atoms with van der Waals surface area (Å²) in [6.45, 7) is 2.31. The standard InChI is InChI=1S/C15H16N4O2S/c1-11-4-6-22-13(11)10-18-19-15(21)7-14(20)17-9-12-3-2-5-16-8-12/h2-6,8,10H,7,9H2,1H3,(H,17,20)(H,19,21)/b18-10-. The highest BCUT2D eigenvalue weighted by Gasteiger charge is 2.08. The lowest BCUT2D eigenvalue weighted by Crippen LogP contribution is -2.29. The van der Waals surface area contributed by atoms with Crippen LogP contribution >= 0.6 is 11.3 Å². The summed E-state index contributed by atoms with van der Waals surface area (Å²) in [7, 11) is 0. The first-order valence-corrected chi connectivity index (χ1v) is 7.54. The molecule has 2 aromatic heterocycles. The van der Waals surface area contributed by atoms with E-state index in [-0.39, 0.29) is 12.3 Å². The average Bonchev–Trinajstić information content (AvgIpc) is 2.92. The van der Waals surface area contributed by atoms with E-state index in [1.165, 1.54) is 11.3 Å². The van der Waals surface area contributed by atoms with E-state index in [1.807, 2.05) is 24.4 Å². The summed E-state index contributed by atoms with van der Waals surface area (Å²) >= 11 is 1.54. The lowest BCUT2D eigenvalue weighted by molar-refractivity contribution is -0.129. The van der Waals surface area contributed by atoms with E-state index in [0.29, 0.717) is 6.54 Å². The highest BCUT2D eigenvalue weighted by atomic mass is 32.1. The van der Waals surface area contributed by atoms with Crippen molar-refractivity contribution >= 4 is 29.4 Å². The van der Waals surface area contributed by atoms with Gasteiger partial charge in [-0.2, -0.15) is 5.10 Å². The number of nitrogens with one attached hydrogen (secondary N) is 2. The van der Waals surface area contributed by atoms with E-state index < -0.39 is 5.91 Å². The molecule has 0 radical (unpaired) electrons. The number of thiophene rings is 1. The number of carbonyl (C=O) groups excluding carboxylic acids is 2. The van der Waals surface area contributed by atoms with Crippen LogP contribution in [0, 0.1) is 6.92 Å². The molecule has 0 fully saturated rings. The van der Waals surface area contributed by atoms with Gasteiger partial charge in [0.1, 0.15) is 6.42 Å². The van der Waals surface area contributed by atoms with Crippen LogP contribution in [0.4, 0.5) is 0 Å². The molecule has 0 atom stereocenters. The summed E-state index contributed by atoms with van der Waals surface area (Å²) in [5.41, 5.74) is 4.31. The first-order valence-electron chi connectivity index (χ1n) is 6.67. The van der Waals surface area contributed by atoms with E-state index in [2.05, 4.69) is 20.8 Å². The van der Waals surface area contributed by atoms with Gasteiger partial charge in [0.05, 0.1) is 6.21 Å². The largest absolute Gasteiger partial charge is 0.352 e. The highest BCUT2D eigenvalue weighted by molar-refractivity contribution is 7.11. The molecule has 0 unspecified atom stereocenters. The van der Waals surface area contributed by atoms with Crippen LogP contribution in [0.2, 0.25) is 0 Å². The summed E-state index contributed by atoms with van der Waals surface area (Å²) in [5.74, 6) is -0.807. The number of rotatable bonds is 6. The highest BCUT2D eigenvalue weighted by Crippen LogP contribution is 2.12. The second kappa shape index (κ2) is 8.04. The molecule has 0 aliphatic rings. The molecule has 0 bridgehead atoms. The number of aromatic nitrogens is 1. The third-order valence-corrected chi connectivity index (χ3v) is 3.76. The van der Waals surface area contributed by atoms with E-state index in [0.717, 1.165) is 16.0 Å². The zero-order chi connectivity index (χ0) is 15.8. The van der Waals surface area contributed by atoms with Gasteiger partial charge in [0, 0.05) is 23.8 Å². The van der Waals surface area contributed by atoms with Gasteiger partial charge in [-0.1, -0.05) is 6.07 Å². The Bertz CT molecular complexity index is 667. The second-order valence-corrected chi connectivity index (χ2v) is 5.52. The summed E-state index contributed by atoms with van der Waals surface area (Å²) < 4.78 is 0. The van der Waals surface area contributed by atoms with Crippen LogP contribution in [0.1, 0.15) is 22.4 Å². The van der Waals surface area contributed by atoms with E-state index >= 15 is 0 Å². The number of aryl methyl sites for hydroxylation is 1. The number of carbonyl (C=O) groups is 2. The number of hydrazone groups is 1. The molecular formula is C15H16N4O2S. The van der Waals surface area contributed by atoms with Crippen molar-refractivity contribution in [2.24, 2.45) is 5.10 Å². The normalized spacial score (nSPS) is 10.6. The minimum atomic E-state index is -0.450. The molecule has 0 spiro atoms. The lowest BCUT2D eigenvalue weighted by atomic mass is 10.3. The number of pyridine rings is 1. The van der Waals surface area contributed by atoms with Gasteiger partial charge in [-0.25, -0.2) is 5.43 Å². The molecule has 0 saturated heterocycles. The van der Waals surface area contributed by atoms with E-state index in [1.54, 1.807) is 24.7 Å². The van der Waals surface area contributed by atoms with Crippen LogP contribution in [-0.2, 0) is 16.1 Å². The number of hydrogen-bond acceptors (Lipinski definition) is 5. The molecule has 6 nitrogen and oxygen atoms in total. The Morgan fingerprint density at radius 2 is 2.23 bits per heavy atom. The Kier molecular flexibility index (Phi) is 5.79. The number of nitrogens with zero attached hydrogens (tertiary/aromatic N) is 2. The molecule has 2 aromatic rings. The van der Waals surface area contributed by atoms with Crippen LogP contribution < -0.4 is 10.7 Å². The zero-order valence-electron chi connectivity index (χ0n) is 12.1. The third kappa shape index (κ3) is 5.10. The van der Waals surface area contributed by atoms with Crippen molar-refractivity contribution < 1.29 is 9.59 Å². The van der Waals surface area contributed by atoms with Crippen molar-refractivity contribution in [2.45, 2.75) is 19.9 Å². The molecule has 2 rings (SSSR count). The van der Waals surface area contributed by atoms with Gasteiger partial charge in [-0.3, -0.25) is 14.6 Å². The quantitative estimate of drug-likeness (QED) is 0.482. The molecule has 0 aromatic carbocycles. The van der Waals surface area contributed by atoms with Gasteiger partial charge in [0.2, 0.25) is 11.8 Å². The third-order valence-electron chi connectivity index (χ3n) is 2.81. The van der Waals surface area contributed by atoms with Crippen molar-refractivity contribution in [1.82, 2.24) is 15.7 Å². The monoisotopic (exact) mass is 316 g/mol. The molecule has 114 valence electrons. The summed E-state index contributed by atoms with van der Waals surface area (Å²) in [6, 6.07) is 5.61. The first-order chi connectivity index (χ1) is 10.6. The van der Waals surface area contributed by atoms with Crippen molar-refractivity contribution in [3.05, 3.63) is 52.0 Å². The molecule has 7 heteroatoms. The molecule has 2 heterocycles. The van der Waals surface area contributed by atoms with E-state index in [4.69, 9.17) is 0 Å². The van der Waals surface area contributed by atoms with Gasteiger partial charge >= 0.3 is 0 Å². The van der Waals surface area contributed by atoms with Gasteiger partial charge in [-0.15, -0.1) is 11.3 Å². The lowest BCUT2D eigenvalue weighted by Gasteiger charge is -2.04. The number of amides is 2. The molecule has 0 saturated carbocycles. The van der Waals surface area contributed by atoms with Gasteiger partial charge < -0.3 is 5.32 Å². The Labute approximate surface area is 132 Å². The fourth-order valence-electron chi connectivity index (χ4n) is 1.63. The van der Waals surface area contributed by atoms with Gasteiger partial charge in [0.25, 0.3) is 0 Å². The van der Waals surface area contributed by atoms with Crippen LogP contribution in [-0.4, -0.2) is 23.0 Å². The summed E-state index contributed by atoms with van der Waals surface area (Å²) in [5, 5.41) is 8.44. The molecule has 2 N–H and O–H groups in total. The molecule has 22 heavy (non-hydrogen) atoms. The van der Waals surface area contributed by atoms with Crippen LogP contribution in [0.5, 0.6) is 0 Å². The minimum Gasteiger partial charge on any atom is -0.352 e. The van der Waals surface area contributed by atoms with Crippen LogP contribution in [0.3, 0.4) is 0 Å². The fraction of sp³-hybridized carbons (Fsp3) is 0.200. The zero-order valence-corrected chi connectivity index (χ0v) is 12.9. The maximum Gasteiger partial charge on any atom is 0.249 e. The second-order valence-electron chi connectivity index (χ2n) is 4.58. The van der Waals surface area contributed by atoms with E-state index in [9.17, 15) is 9.59 Å². The molecule has 2 amide bonds. The Balaban J connectivity index is 1.71. The maximum absolute atomic E-state index is 11.6. The average molecular weight is 316 g/mol. The molecule has 0 aliphatic carbocycles. The predicted octanol–water partition coefficient (Wildman–Crippen LogP) is 1.61. The number of hydrogen-bond donors (Lipinski definition) is 2. The predicted molar refractivity (Wildman–Crippen MR) is 85.5 cm³/mol. The summed E-state index contributed by atoms with van der Waals surface area (Å²) in [6.07, 6.45) is 4.63. The van der Waals surface area contributed by atoms with Crippen LogP contribution in [0.15, 0.2) is 41.1 Å². The summed E-state index contributed by atoms with van der Waals surface area (Å²) in [4.78, 5) is 28.1. The van der Waals surface area contributed by atoms with Gasteiger partial charge in [0.15, 0.2) is 0 Å². The fourth-order valence-corrected chi connectivity index (χ4v) is 2.42. The van der Waals surface area contributed by atoms with Crippen molar-refractivity contribution in [3.63, 3.8) is 0 Å². The molecule has 0 aliphatic heterocycles. The smallest absolute Gasteiger partial charge is 0.249 e. The van der Waals surface area contributed by atoms with Crippen LogP contribution in [0.25, 0.3) is 0 Å². The minimum absolute atomic E-state index is 0.263. The molecular weight excluding hydrogens is 300 g/mol. The Morgan fingerprint density at radius 3 is 2.91 bits per heavy atom. The van der Waals surface area contributed by atoms with Crippen molar-refractivity contribution in [2.75, 3.05) is 0 Å². The van der Waals surface area contributed by atoms with Gasteiger partial charge in [-0.05, 0) is 35.6 Å². The maximum atomic E-state index is 11.6. The topological polar surface area (TPSA) is 83.5 Å². The first kappa shape index (κ1) is 15.8. The Morgan fingerprint density at radius 1 is 1.36 bits per heavy atom. The Hall–Kier alpha value is -2.54.